The molecule has 0 aromatic rings. The summed E-state index contributed by atoms with van der Waals surface area (Å²) >= 11 is 0. The molecule has 1 fully saturated rings. The minimum atomic E-state index is -0.299. The molecule has 0 amide bonds. The fraction of sp³-hybridized carbons (Fsp3) is 1.00. The van der Waals surface area contributed by atoms with Gasteiger partial charge in [-0.3, -0.25) is 0 Å². The van der Waals surface area contributed by atoms with Gasteiger partial charge in [0.1, 0.15) is 0 Å². The molecule has 0 saturated heterocycles. The summed E-state index contributed by atoms with van der Waals surface area (Å²) in [7, 11) is 0. The maximum atomic E-state index is 9.84. The van der Waals surface area contributed by atoms with Gasteiger partial charge in [0.2, 0.25) is 0 Å². The van der Waals surface area contributed by atoms with Gasteiger partial charge < -0.3 is 14.6 Å². The first-order chi connectivity index (χ1) is 7.41. The van der Waals surface area contributed by atoms with Gasteiger partial charge in [-0.1, -0.05) is 13.8 Å². The van der Waals surface area contributed by atoms with Crippen LogP contribution in [0.5, 0.6) is 0 Å². The minimum absolute atomic E-state index is 0.0143. The lowest BCUT2D eigenvalue weighted by atomic mass is 9.75. The highest BCUT2D eigenvalue weighted by Gasteiger charge is 2.34. The summed E-state index contributed by atoms with van der Waals surface area (Å²) < 4.78 is 11.1. The van der Waals surface area contributed by atoms with Crippen LogP contribution in [0.1, 0.15) is 47.0 Å². The van der Waals surface area contributed by atoms with Gasteiger partial charge in [-0.25, -0.2) is 0 Å². The summed E-state index contributed by atoms with van der Waals surface area (Å²) in [6.45, 7) is 9.69. The highest BCUT2D eigenvalue weighted by atomic mass is 16.5. The molecule has 1 saturated carbocycles. The summed E-state index contributed by atoms with van der Waals surface area (Å²) in [5.74, 6) is 0. The first-order valence-electron chi connectivity index (χ1n) is 6.32. The van der Waals surface area contributed by atoms with Crippen LogP contribution in [0.25, 0.3) is 0 Å². The van der Waals surface area contributed by atoms with Gasteiger partial charge in [0.05, 0.1) is 31.5 Å². The van der Waals surface area contributed by atoms with Crippen molar-refractivity contribution in [2.24, 2.45) is 5.41 Å². The Kier molecular flexibility index (Phi) is 5.22. The quantitative estimate of drug-likeness (QED) is 0.737. The van der Waals surface area contributed by atoms with Gasteiger partial charge in [-0.2, -0.15) is 0 Å². The van der Waals surface area contributed by atoms with Crippen LogP contribution in [0, 0.1) is 5.41 Å². The zero-order valence-corrected chi connectivity index (χ0v) is 11.0. The summed E-state index contributed by atoms with van der Waals surface area (Å²) in [6.07, 6.45) is 2.80. The second-order valence-electron chi connectivity index (χ2n) is 5.80. The largest absolute Gasteiger partial charge is 0.390 e. The highest BCUT2D eigenvalue weighted by Crippen LogP contribution is 2.36. The zero-order valence-electron chi connectivity index (χ0n) is 11.0. The maximum absolute atomic E-state index is 9.84. The van der Waals surface area contributed by atoms with Crippen molar-refractivity contribution in [3.05, 3.63) is 0 Å². The second-order valence-corrected chi connectivity index (χ2v) is 5.80. The van der Waals surface area contributed by atoms with Crippen LogP contribution in [0.4, 0.5) is 0 Å². The molecule has 1 rings (SSSR count). The summed E-state index contributed by atoms with van der Waals surface area (Å²) in [4.78, 5) is 0. The number of hydrogen-bond donors (Lipinski definition) is 1. The Bertz CT molecular complexity index is 201. The third kappa shape index (κ3) is 4.81. The third-order valence-corrected chi connectivity index (χ3v) is 3.17. The molecule has 0 bridgehead atoms. The van der Waals surface area contributed by atoms with E-state index in [0.29, 0.717) is 18.6 Å². The molecular weight excluding hydrogens is 204 g/mol. The average Bonchev–Trinajstić information content (AvgIpc) is 2.17. The maximum Gasteiger partial charge on any atom is 0.0840 e. The van der Waals surface area contributed by atoms with Crippen LogP contribution in [-0.2, 0) is 9.47 Å². The molecule has 16 heavy (non-hydrogen) atoms. The van der Waals surface area contributed by atoms with Gasteiger partial charge in [0, 0.05) is 0 Å². The van der Waals surface area contributed by atoms with Crippen LogP contribution in [0.15, 0.2) is 0 Å². The van der Waals surface area contributed by atoms with E-state index in [9.17, 15) is 5.11 Å². The first-order valence-corrected chi connectivity index (χ1v) is 6.32. The van der Waals surface area contributed by atoms with Crippen molar-refractivity contribution in [1.82, 2.24) is 0 Å². The Hall–Kier alpha value is -0.120. The number of aliphatic hydroxyl groups excluding tert-OH is 1. The molecule has 0 spiro atoms. The predicted octanol–water partition coefficient (Wildman–Crippen LogP) is 2.37. The lowest BCUT2D eigenvalue weighted by Gasteiger charge is -2.38. The zero-order chi connectivity index (χ0) is 12.2. The van der Waals surface area contributed by atoms with Crippen molar-refractivity contribution in [2.45, 2.75) is 65.3 Å². The molecule has 0 aromatic heterocycles. The Morgan fingerprint density at radius 1 is 1.31 bits per heavy atom. The van der Waals surface area contributed by atoms with Crippen molar-refractivity contribution in [2.75, 3.05) is 13.2 Å². The third-order valence-electron chi connectivity index (χ3n) is 3.17. The molecule has 3 nitrogen and oxygen atoms in total. The Morgan fingerprint density at radius 3 is 2.62 bits per heavy atom. The van der Waals surface area contributed by atoms with Gasteiger partial charge in [0.25, 0.3) is 0 Å². The molecule has 3 heteroatoms. The molecule has 1 N–H and O–H groups in total. The van der Waals surface area contributed by atoms with E-state index in [4.69, 9.17) is 9.47 Å². The van der Waals surface area contributed by atoms with Crippen molar-refractivity contribution < 1.29 is 14.6 Å². The van der Waals surface area contributed by atoms with Gasteiger partial charge >= 0.3 is 0 Å². The lowest BCUT2D eigenvalue weighted by Crippen LogP contribution is -2.39. The van der Waals surface area contributed by atoms with Crippen LogP contribution in [0.2, 0.25) is 0 Å². The van der Waals surface area contributed by atoms with E-state index in [1.807, 2.05) is 13.8 Å². The van der Waals surface area contributed by atoms with E-state index in [-0.39, 0.29) is 18.3 Å². The molecule has 1 aliphatic rings. The Labute approximate surface area is 99.1 Å². The lowest BCUT2D eigenvalue weighted by molar-refractivity contribution is -0.100. The SMILES string of the molecule is CC(C)OCCOC1CC(C)(C)CCC1O. The van der Waals surface area contributed by atoms with E-state index in [0.717, 1.165) is 19.3 Å². The van der Waals surface area contributed by atoms with Crippen molar-refractivity contribution in [3.8, 4) is 0 Å². The number of hydrogen-bond acceptors (Lipinski definition) is 3. The van der Waals surface area contributed by atoms with Crippen LogP contribution >= 0.6 is 0 Å². The molecule has 2 atom stereocenters. The smallest absolute Gasteiger partial charge is 0.0840 e. The molecule has 96 valence electrons. The van der Waals surface area contributed by atoms with Gasteiger partial charge in [-0.05, 0) is 38.5 Å². The summed E-state index contributed by atoms with van der Waals surface area (Å²) in [5, 5.41) is 9.84. The standard InChI is InChI=1S/C13H26O3/c1-10(2)15-7-8-16-12-9-13(3,4)6-5-11(12)14/h10-12,14H,5-9H2,1-4H3. The molecule has 2 unspecified atom stereocenters. The van der Waals surface area contributed by atoms with E-state index < -0.39 is 0 Å². The van der Waals surface area contributed by atoms with E-state index in [1.54, 1.807) is 0 Å². The van der Waals surface area contributed by atoms with Crippen LogP contribution < -0.4 is 0 Å². The van der Waals surface area contributed by atoms with E-state index in [2.05, 4.69) is 13.8 Å². The summed E-state index contributed by atoms with van der Waals surface area (Å²) in [5.41, 5.74) is 0.294. The molecular formula is C13H26O3. The topological polar surface area (TPSA) is 38.7 Å². The minimum Gasteiger partial charge on any atom is -0.390 e. The monoisotopic (exact) mass is 230 g/mol. The Morgan fingerprint density at radius 2 is 2.00 bits per heavy atom. The van der Waals surface area contributed by atoms with Crippen molar-refractivity contribution >= 4 is 0 Å². The van der Waals surface area contributed by atoms with Crippen LogP contribution in [0.3, 0.4) is 0 Å². The van der Waals surface area contributed by atoms with E-state index in [1.165, 1.54) is 0 Å². The fourth-order valence-corrected chi connectivity index (χ4v) is 2.16. The van der Waals surface area contributed by atoms with Gasteiger partial charge in [0.15, 0.2) is 0 Å². The predicted molar refractivity (Wildman–Crippen MR) is 64.5 cm³/mol. The van der Waals surface area contributed by atoms with Gasteiger partial charge in [-0.15, -0.1) is 0 Å². The number of aliphatic hydroxyl groups is 1. The molecule has 0 aromatic carbocycles. The Balaban J connectivity index is 2.24. The molecule has 1 aliphatic carbocycles. The van der Waals surface area contributed by atoms with Crippen molar-refractivity contribution in [1.29, 1.82) is 0 Å². The first kappa shape index (κ1) is 13.9. The average molecular weight is 230 g/mol. The van der Waals surface area contributed by atoms with Crippen LogP contribution in [-0.4, -0.2) is 36.6 Å². The highest BCUT2D eigenvalue weighted by molar-refractivity contribution is 4.85. The second kappa shape index (κ2) is 5.99. The number of ether oxygens (including phenoxy) is 2. The molecule has 0 aliphatic heterocycles. The van der Waals surface area contributed by atoms with E-state index >= 15 is 0 Å². The summed E-state index contributed by atoms with van der Waals surface area (Å²) in [6, 6.07) is 0. The van der Waals surface area contributed by atoms with Crippen molar-refractivity contribution in [3.63, 3.8) is 0 Å². The number of rotatable bonds is 5. The molecule has 0 radical (unpaired) electrons. The normalized spacial score (nSPS) is 29.6. The molecule has 0 heterocycles. The fourth-order valence-electron chi connectivity index (χ4n) is 2.16.